The maximum absolute atomic E-state index is 12.8. The normalized spacial score (nSPS) is 19.1. The lowest BCUT2D eigenvalue weighted by atomic mass is 9.95. The molecule has 1 aliphatic heterocycles. The summed E-state index contributed by atoms with van der Waals surface area (Å²) in [6.45, 7) is 2.25. The number of likely N-dealkylation sites (tertiary alicyclic amines) is 1. The average molecular weight is 377 g/mol. The van der Waals surface area contributed by atoms with E-state index in [1.54, 1.807) is 19.2 Å². The van der Waals surface area contributed by atoms with Gasteiger partial charge >= 0.3 is 0 Å². The van der Waals surface area contributed by atoms with E-state index in [0.717, 1.165) is 5.75 Å². The van der Waals surface area contributed by atoms with Gasteiger partial charge in [0, 0.05) is 37.7 Å². The SMILES string of the molecule is COCCOc1ccc(C(=O)N2C[C@@H](N)[C@H](c3ccccc3)C2)cc1.Cl. The Balaban J connectivity index is 0.00000243. The molecule has 0 saturated carbocycles. The number of halogens is 1. The molecule has 0 aromatic heterocycles. The first kappa shape index (κ1) is 20.2. The first-order chi connectivity index (χ1) is 12.2. The van der Waals surface area contributed by atoms with Gasteiger partial charge in [-0.2, -0.15) is 0 Å². The standard InChI is InChI=1S/C20H24N2O3.ClH/c1-24-11-12-25-17-9-7-16(8-10-17)20(23)22-13-18(19(21)14-22)15-5-3-2-4-6-15;/h2-10,18-19H,11-14,21H2,1H3;1H/t18-,19+;/m0./s1. The highest BCUT2D eigenvalue weighted by atomic mass is 35.5. The van der Waals surface area contributed by atoms with Crippen molar-refractivity contribution in [3.05, 3.63) is 65.7 Å². The van der Waals surface area contributed by atoms with E-state index >= 15 is 0 Å². The molecule has 26 heavy (non-hydrogen) atoms. The zero-order valence-electron chi connectivity index (χ0n) is 14.8. The summed E-state index contributed by atoms with van der Waals surface area (Å²) in [7, 11) is 1.63. The molecule has 2 atom stereocenters. The molecule has 3 rings (SSSR count). The van der Waals surface area contributed by atoms with Crippen LogP contribution in [-0.2, 0) is 4.74 Å². The van der Waals surface area contributed by atoms with Gasteiger partial charge in [-0.15, -0.1) is 12.4 Å². The molecule has 0 spiro atoms. The van der Waals surface area contributed by atoms with Crippen molar-refractivity contribution in [1.82, 2.24) is 4.90 Å². The van der Waals surface area contributed by atoms with Crippen LogP contribution in [-0.4, -0.2) is 50.3 Å². The van der Waals surface area contributed by atoms with Crippen LogP contribution in [0.1, 0.15) is 21.8 Å². The molecule has 6 heteroatoms. The summed E-state index contributed by atoms with van der Waals surface area (Å²) >= 11 is 0. The molecule has 140 valence electrons. The Bertz CT molecular complexity index is 694. The van der Waals surface area contributed by atoms with Crippen LogP contribution in [0.25, 0.3) is 0 Å². The quantitative estimate of drug-likeness (QED) is 0.787. The van der Waals surface area contributed by atoms with Crippen molar-refractivity contribution < 1.29 is 14.3 Å². The summed E-state index contributed by atoms with van der Waals surface area (Å²) in [5, 5.41) is 0. The van der Waals surface area contributed by atoms with Gasteiger partial charge in [0.2, 0.25) is 0 Å². The topological polar surface area (TPSA) is 64.8 Å². The van der Waals surface area contributed by atoms with Crippen LogP contribution in [0, 0.1) is 0 Å². The number of nitrogens with two attached hydrogens (primary N) is 1. The third-order valence-corrected chi connectivity index (χ3v) is 4.54. The number of rotatable bonds is 6. The van der Waals surface area contributed by atoms with E-state index in [-0.39, 0.29) is 30.3 Å². The summed E-state index contributed by atoms with van der Waals surface area (Å²) in [6, 6.07) is 17.3. The maximum atomic E-state index is 12.8. The van der Waals surface area contributed by atoms with Crippen LogP contribution in [0.5, 0.6) is 5.75 Å². The van der Waals surface area contributed by atoms with Crippen LogP contribution < -0.4 is 10.5 Å². The van der Waals surface area contributed by atoms with Gasteiger partial charge in [0.15, 0.2) is 0 Å². The molecule has 1 amide bonds. The van der Waals surface area contributed by atoms with Crippen molar-refractivity contribution in [2.75, 3.05) is 33.4 Å². The van der Waals surface area contributed by atoms with Crippen LogP contribution in [0.2, 0.25) is 0 Å². The van der Waals surface area contributed by atoms with Crippen molar-refractivity contribution in [2.24, 2.45) is 5.73 Å². The Morgan fingerprint density at radius 3 is 2.42 bits per heavy atom. The lowest BCUT2D eigenvalue weighted by molar-refractivity contribution is 0.0789. The van der Waals surface area contributed by atoms with E-state index in [2.05, 4.69) is 12.1 Å². The summed E-state index contributed by atoms with van der Waals surface area (Å²) in [5.74, 6) is 0.924. The summed E-state index contributed by atoms with van der Waals surface area (Å²) in [6.07, 6.45) is 0. The van der Waals surface area contributed by atoms with Gasteiger partial charge in [-0.1, -0.05) is 30.3 Å². The van der Waals surface area contributed by atoms with Gasteiger partial charge in [-0.05, 0) is 29.8 Å². The van der Waals surface area contributed by atoms with Crippen LogP contribution in [0.15, 0.2) is 54.6 Å². The molecule has 2 aromatic rings. The third-order valence-electron chi connectivity index (χ3n) is 4.54. The minimum Gasteiger partial charge on any atom is -0.491 e. The fourth-order valence-corrected chi connectivity index (χ4v) is 3.17. The zero-order chi connectivity index (χ0) is 17.6. The average Bonchev–Trinajstić information content (AvgIpc) is 3.04. The highest BCUT2D eigenvalue weighted by Crippen LogP contribution is 2.27. The first-order valence-electron chi connectivity index (χ1n) is 8.50. The zero-order valence-corrected chi connectivity index (χ0v) is 15.7. The van der Waals surface area contributed by atoms with E-state index in [9.17, 15) is 4.79 Å². The van der Waals surface area contributed by atoms with E-state index in [1.807, 2.05) is 35.2 Å². The molecule has 5 nitrogen and oxygen atoms in total. The first-order valence-corrected chi connectivity index (χ1v) is 8.50. The van der Waals surface area contributed by atoms with E-state index in [4.69, 9.17) is 15.2 Å². The monoisotopic (exact) mass is 376 g/mol. The molecule has 1 fully saturated rings. The van der Waals surface area contributed by atoms with Crippen molar-refractivity contribution in [1.29, 1.82) is 0 Å². The number of hydrogen-bond acceptors (Lipinski definition) is 4. The lowest BCUT2D eigenvalue weighted by Gasteiger charge is -2.17. The van der Waals surface area contributed by atoms with Crippen LogP contribution in [0.4, 0.5) is 0 Å². The maximum Gasteiger partial charge on any atom is 0.253 e. The van der Waals surface area contributed by atoms with Gasteiger partial charge in [-0.25, -0.2) is 0 Å². The summed E-state index contributed by atoms with van der Waals surface area (Å²) < 4.78 is 10.5. The fourth-order valence-electron chi connectivity index (χ4n) is 3.17. The predicted octanol–water partition coefficient (Wildman–Crippen LogP) is 2.70. The number of carbonyl (C=O) groups is 1. The minimum absolute atomic E-state index is 0. The number of benzene rings is 2. The molecule has 0 bridgehead atoms. The number of amides is 1. The molecular weight excluding hydrogens is 352 g/mol. The molecular formula is C20H25ClN2O3. The Morgan fingerprint density at radius 1 is 1.08 bits per heavy atom. The second kappa shape index (κ2) is 9.57. The van der Waals surface area contributed by atoms with Gasteiger partial charge in [0.25, 0.3) is 5.91 Å². The number of ether oxygens (including phenoxy) is 2. The molecule has 1 aliphatic rings. The Hall–Kier alpha value is -2.08. The van der Waals surface area contributed by atoms with E-state index in [1.165, 1.54) is 5.56 Å². The molecule has 0 aliphatic carbocycles. The molecule has 1 heterocycles. The smallest absolute Gasteiger partial charge is 0.253 e. The van der Waals surface area contributed by atoms with Crippen molar-refractivity contribution >= 4 is 18.3 Å². The molecule has 0 radical (unpaired) electrons. The number of hydrogen-bond donors (Lipinski definition) is 1. The van der Waals surface area contributed by atoms with Gasteiger partial charge in [-0.3, -0.25) is 4.79 Å². The minimum atomic E-state index is -0.0389. The second-order valence-electron chi connectivity index (χ2n) is 6.26. The summed E-state index contributed by atoms with van der Waals surface area (Å²) in [4.78, 5) is 14.6. The number of nitrogens with zero attached hydrogens (tertiary/aromatic N) is 1. The van der Waals surface area contributed by atoms with Gasteiger partial charge in [0.1, 0.15) is 12.4 Å². The van der Waals surface area contributed by atoms with Crippen molar-refractivity contribution in [3.63, 3.8) is 0 Å². The number of carbonyl (C=O) groups excluding carboxylic acids is 1. The molecule has 1 saturated heterocycles. The molecule has 0 unspecified atom stereocenters. The van der Waals surface area contributed by atoms with Crippen molar-refractivity contribution in [3.8, 4) is 5.75 Å². The van der Waals surface area contributed by atoms with E-state index < -0.39 is 0 Å². The highest BCUT2D eigenvalue weighted by Gasteiger charge is 2.34. The lowest BCUT2D eigenvalue weighted by Crippen LogP contribution is -2.32. The van der Waals surface area contributed by atoms with Gasteiger partial charge in [0.05, 0.1) is 6.61 Å². The highest BCUT2D eigenvalue weighted by molar-refractivity contribution is 5.94. The van der Waals surface area contributed by atoms with Crippen LogP contribution >= 0.6 is 12.4 Å². The summed E-state index contributed by atoms with van der Waals surface area (Å²) in [5.41, 5.74) is 8.12. The largest absolute Gasteiger partial charge is 0.491 e. The second-order valence-corrected chi connectivity index (χ2v) is 6.26. The van der Waals surface area contributed by atoms with Crippen molar-refractivity contribution in [2.45, 2.75) is 12.0 Å². The third kappa shape index (κ3) is 4.75. The van der Waals surface area contributed by atoms with Crippen LogP contribution in [0.3, 0.4) is 0 Å². The number of methoxy groups -OCH3 is 1. The molecule has 2 aromatic carbocycles. The predicted molar refractivity (Wildman–Crippen MR) is 104 cm³/mol. The fraction of sp³-hybridized carbons (Fsp3) is 0.350. The van der Waals surface area contributed by atoms with E-state index in [0.29, 0.717) is 31.9 Å². The Labute approximate surface area is 160 Å². The Kier molecular flexibility index (Phi) is 7.45. The molecule has 2 N–H and O–H groups in total. The Morgan fingerprint density at radius 2 is 1.77 bits per heavy atom. The van der Waals surface area contributed by atoms with Gasteiger partial charge < -0.3 is 20.1 Å².